The number of piperazine rings is 1. The van der Waals surface area contributed by atoms with Crippen LogP contribution in [0.25, 0.3) is 0 Å². The Morgan fingerprint density at radius 1 is 1.24 bits per heavy atom. The zero-order chi connectivity index (χ0) is 15.4. The number of urea groups is 1. The van der Waals surface area contributed by atoms with Crippen LogP contribution in [0.2, 0.25) is 5.02 Å². The highest BCUT2D eigenvalue weighted by Crippen LogP contribution is 2.27. The molecule has 21 heavy (non-hydrogen) atoms. The molecule has 1 saturated heterocycles. The number of rotatable bonds is 2. The van der Waals surface area contributed by atoms with E-state index in [1.165, 1.54) is 0 Å². The number of carbonyl (C=O) groups excluding carboxylic acids is 2. The lowest BCUT2D eigenvalue weighted by molar-refractivity contribution is 0.0665. The molecule has 0 atom stereocenters. The quantitative estimate of drug-likeness (QED) is 0.865. The van der Waals surface area contributed by atoms with Crippen molar-refractivity contribution in [2.45, 2.75) is 6.92 Å². The number of hydrogen-bond donors (Lipinski definition) is 1. The van der Waals surface area contributed by atoms with Crippen LogP contribution in [-0.2, 0) is 0 Å². The normalized spacial score (nSPS) is 15.0. The molecule has 1 aliphatic rings. The van der Waals surface area contributed by atoms with E-state index in [2.05, 4.69) is 21.2 Å². The number of carbonyl (C=O) groups is 2. The lowest BCUT2D eigenvalue weighted by atomic mass is 10.2. The van der Waals surface area contributed by atoms with Gasteiger partial charge in [-0.25, -0.2) is 4.79 Å². The fraction of sp³-hybridized carbons (Fsp3) is 0.429. The molecule has 0 spiro atoms. The Morgan fingerprint density at radius 3 is 2.48 bits per heavy atom. The number of hydrogen-bond acceptors (Lipinski definition) is 2. The fourth-order valence-electron chi connectivity index (χ4n) is 2.21. The summed E-state index contributed by atoms with van der Waals surface area (Å²) in [4.78, 5) is 27.6. The van der Waals surface area contributed by atoms with E-state index in [4.69, 9.17) is 11.6 Å². The molecule has 1 aliphatic heterocycles. The van der Waals surface area contributed by atoms with Crippen molar-refractivity contribution in [1.82, 2.24) is 15.1 Å². The van der Waals surface area contributed by atoms with Crippen LogP contribution in [0.1, 0.15) is 17.3 Å². The van der Waals surface area contributed by atoms with Crippen LogP contribution < -0.4 is 5.32 Å². The molecule has 1 fully saturated rings. The first-order chi connectivity index (χ1) is 10.0. The van der Waals surface area contributed by atoms with E-state index in [1.807, 2.05) is 6.92 Å². The molecule has 0 bridgehead atoms. The second kappa shape index (κ2) is 7.13. The molecule has 3 amide bonds. The van der Waals surface area contributed by atoms with E-state index < -0.39 is 0 Å². The van der Waals surface area contributed by atoms with Gasteiger partial charge >= 0.3 is 6.03 Å². The van der Waals surface area contributed by atoms with Crippen molar-refractivity contribution in [3.8, 4) is 0 Å². The van der Waals surface area contributed by atoms with Crippen molar-refractivity contribution in [3.63, 3.8) is 0 Å². The molecule has 7 heteroatoms. The maximum absolute atomic E-state index is 12.5. The Bertz CT molecular complexity index is 545. The number of nitrogens with zero attached hydrogens (tertiary/aromatic N) is 2. The van der Waals surface area contributed by atoms with Gasteiger partial charge < -0.3 is 15.1 Å². The molecule has 1 aromatic rings. The predicted octanol–water partition coefficient (Wildman–Crippen LogP) is 2.59. The van der Waals surface area contributed by atoms with Gasteiger partial charge in [-0.2, -0.15) is 0 Å². The average molecular weight is 375 g/mol. The summed E-state index contributed by atoms with van der Waals surface area (Å²) in [6.07, 6.45) is 0. The smallest absolute Gasteiger partial charge is 0.317 e. The monoisotopic (exact) mass is 373 g/mol. The van der Waals surface area contributed by atoms with Gasteiger partial charge in [0.25, 0.3) is 5.91 Å². The van der Waals surface area contributed by atoms with E-state index in [1.54, 1.807) is 28.0 Å². The maximum atomic E-state index is 12.5. The Kier molecular flexibility index (Phi) is 5.47. The second-order valence-electron chi connectivity index (χ2n) is 4.72. The summed E-state index contributed by atoms with van der Waals surface area (Å²) >= 11 is 9.48. The molecule has 114 valence electrons. The second-order valence-corrected chi connectivity index (χ2v) is 5.95. The number of nitrogens with one attached hydrogen (secondary N) is 1. The third kappa shape index (κ3) is 3.68. The van der Waals surface area contributed by atoms with Gasteiger partial charge in [0.15, 0.2) is 0 Å². The lowest BCUT2D eigenvalue weighted by Crippen LogP contribution is -2.53. The minimum absolute atomic E-state index is 0.0786. The highest BCUT2D eigenvalue weighted by atomic mass is 79.9. The topological polar surface area (TPSA) is 52.7 Å². The Hall–Kier alpha value is -1.27. The van der Waals surface area contributed by atoms with Gasteiger partial charge in [-0.1, -0.05) is 17.7 Å². The molecule has 0 aliphatic carbocycles. The van der Waals surface area contributed by atoms with Gasteiger partial charge in [0.2, 0.25) is 0 Å². The van der Waals surface area contributed by atoms with Crippen molar-refractivity contribution >= 4 is 39.5 Å². The van der Waals surface area contributed by atoms with Crippen molar-refractivity contribution < 1.29 is 9.59 Å². The highest BCUT2D eigenvalue weighted by molar-refractivity contribution is 9.10. The van der Waals surface area contributed by atoms with Gasteiger partial charge in [-0.3, -0.25) is 4.79 Å². The first-order valence-electron chi connectivity index (χ1n) is 6.80. The average Bonchev–Trinajstić information content (AvgIpc) is 2.50. The van der Waals surface area contributed by atoms with E-state index in [9.17, 15) is 9.59 Å². The number of amides is 3. The van der Waals surface area contributed by atoms with E-state index >= 15 is 0 Å². The summed E-state index contributed by atoms with van der Waals surface area (Å²) in [5, 5.41) is 3.19. The van der Waals surface area contributed by atoms with Crippen LogP contribution in [0.3, 0.4) is 0 Å². The van der Waals surface area contributed by atoms with E-state index in [0.29, 0.717) is 47.8 Å². The van der Waals surface area contributed by atoms with Crippen LogP contribution >= 0.6 is 27.5 Å². The van der Waals surface area contributed by atoms with Crippen molar-refractivity contribution in [2.75, 3.05) is 32.7 Å². The zero-order valence-electron chi connectivity index (χ0n) is 11.7. The minimum Gasteiger partial charge on any atom is -0.338 e. The number of halogens is 2. The van der Waals surface area contributed by atoms with Crippen LogP contribution in [0.15, 0.2) is 22.7 Å². The van der Waals surface area contributed by atoms with E-state index in [-0.39, 0.29) is 11.9 Å². The number of benzene rings is 1. The molecule has 1 heterocycles. The van der Waals surface area contributed by atoms with Crippen molar-refractivity contribution in [1.29, 1.82) is 0 Å². The van der Waals surface area contributed by atoms with Crippen LogP contribution in [-0.4, -0.2) is 54.5 Å². The van der Waals surface area contributed by atoms with Crippen LogP contribution in [0.5, 0.6) is 0 Å². The molecule has 2 rings (SSSR count). The fourth-order valence-corrected chi connectivity index (χ4v) is 2.79. The first kappa shape index (κ1) is 16.1. The summed E-state index contributed by atoms with van der Waals surface area (Å²) in [6.45, 7) is 4.57. The Labute approximate surface area is 137 Å². The lowest BCUT2D eigenvalue weighted by Gasteiger charge is -2.34. The molecule has 0 saturated carbocycles. The maximum Gasteiger partial charge on any atom is 0.317 e. The molecule has 0 radical (unpaired) electrons. The van der Waals surface area contributed by atoms with Crippen molar-refractivity contribution in [3.05, 3.63) is 33.3 Å². The molecular weight excluding hydrogens is 358 g/mol. The summed E-state index contributed by atoms with van der Waals surface area (Å²) in [7, 11) is 0. The minimum atomic E-state index is -0.100. The third-order valence-corrected chi connectivity index (χ3v) is 4.66. The highest BCUT2D eigenvalue weighted by Gasteiger charge is 2.25. The van der Waals surface area contributed by atoms with Crippen molar-refractivity contribution in [2.24, 2.45) is 0 Å². The molecule has 0 unspecified atom stereocenters. The molecule has 1 N–H and O–H groups in total. The van der Waals surface area contributed by atoms with Gasteiger partial charge in [0.1, 0.15) is 0 Å². The molecular formula is C14H17BrClN3O2. The molecule has 0 aromatic heterocycles. The van der Waals surface area contributed by atoms with Crippen LogP contribution in [0.4, 0.5) is 4.79 Å². The zero-order valence-corrected chi connectivity index (χ0v) is 14.1. The first-order valence-corrected chi connectivity index (χ1v) is 7.97. The SMILES string of the molecule is CCNC(=O)N1CCN(C(=O)c2cccc(Br)c2Cl)CC1. The standard InChI is InChI=1S/C14H17BrClN3O2/c1-2-17-14(21)19-8-6-18(7-9-19)13(20)10-4-3-5-11(15)12(10)16/h3-5H,2,6-9H2,1H3,(H,17,21). The Morgan fingerprint density at radius 2 is 1.86 bits per heavy atom. The van der Waals surface area contributed by atoms with Crippen LogP contribution in [0, 0.1) is 0 Å². The van der Waals surface area contributed by atoms with E-state index in [0.717, 1.165) is 0 Å². The van der Waals surface area contributed by atoms with Gasteiger partial charge in [0.05, 0.1) is 10.6 Å². The van der Waals surface area contributed by atoms with Gasteiger partial charge in [-0.05, 0) is 35.0 Å². The third-order valence-electron chi connectivity index (χ3n) is 3.36. The Balaban J connectivity index is 2.00. The van der Waals surface area contributed by atoms with Gasteiger partial charge in [0, 0.05) is 37.2 Å². The summed E-state index contributed by atoms with van der Waals surface area (Å²) in [5.74, 6) is -0.100. The largest absolute Gasteiger partial charge is 0.338 e. The van der Waals surface area contributed by atoms with Gasteiger partial charge in [-0.15, -0.1) is 0 Å². The summed E-state index contributed by atoms with van der Waals surface area (Å²) < 4.78 is 0.705. The molecule has 5 nitrogen and oxygen atoms in total. The molecule has 1 aromatic carbocycles. The predicted molar refractivity (Wildman–Crippen MR) is 85.7 cm³/mol. The summed E-state index contributed by atoms with van der Waals surface area (Å²) in [5.41, 5.74) is 0.484. The summed E-state index contributed by atoms with van der Waals surface area (Å²) in [6, 6.07) is 5.22.